The third-order valence-corrected chi connectivity index (χ3v) is 5.13. The molecule has 17 heavy (non-hydrogen) atoms. The molecule has 0 radical (unpaired) electrons. The lowest BCUT2D eigenvalue weighted by molar-refractivity contribution is -0.162. The molecule has 6 unspecified atom stereocenters. The van der Waals surface area contributed by atoms with Crippen molar-refractivity contribution in [3.63, 3.8) is 0 Å². The maximum atomic E-state index is 11.7. The van der Waals surface area contributed by atoms with E-state index in [4.69, 9.17) is 9.47 Å². The summed E-state index contributed by atoms with van der Waals surface area (Å²) in [5, 5.41) is 0. The van der Waals surface area contributed by atoms with Gasteiger partial charge in [0.15, 0.2) is 0 Å². The van der Waals surface area contributed by atoms with Gasteiger partial charge >= 0.3 is 11.9 Å². The molecule has 4 fully saturated rings. The van der Waals surface area contributed by atoms with E-state index in [0.717, 1.165) is 25.7 Å². The van der Waals surface area contributed by atoms with Crippen molar-refractivity contribution in [3.8, 4) is 0 Å². The van der Waals surface area contributed by atoms with Crippen LogP contribution in [-0.4, -0.2) is 24.1 Å². The van der Waals surface area contributed by atoms with Crippen LogP contribution in [0.2, 0.25) is 0 Å². The van der Waals surface area contributed by atoms with Gasteiger partial charge in [0.05, 0.1) is 5.92 Å². The van der Waals surface area contributed by atoms with Crippen molar-refractivity contribution < 1.29 is 19.1 Å². The number of esters is 2. The fourth-order valence-corrected chi connectivity index (χ4v) is 4.52. The van der Waals surface area contributed by atoms with Gasteiger partial charge < -0.3 is 9.47 Å². The molecule has 2 aliphatic heterocycles. The number of carbonyl (C=O) groups is 2. The van der Waals surface area contributed by atoms with Gasteiger partial charge in [-0.25, -0.2) is 0 Å². The van der Waals surface area contributed by atoms with Crippen LogP contribution in [0.4, 0.5) is 0 Å². The summed E-state index contributed by atoms with van der Waals surface area (Å²) in [6.07, 6.45) is 4.51. The number of hydrogen-bond acceptors (Lipinski definition) is 4. The maximum Gasteiger partial charge on any atom is 0.309 e. The normalized spacial score (nSPS) is 51.5. The Balaban J connectivity index is 1.59. The zero-order chi connectivity index (χ0) is 11.6. The summed E-state index contributed by atoms with van der Waals surface area (Å²) in [6.45, 7) is 0. The largest absolute Gasteiger partial charge is 0.462 e. The third-order valence-electron chi connectivity index (χ3n) is 5.13. The van der Waals surface area contributed by atoms with Crippen LogP contribution in [0, 0.1) is 23.7 Å². The topological polar surface area (TPSA) is 52.6 Å². The molecule has 0 aromatic carbocycles. The number of ether oxygens (including phenoxy) is 2. The van der Waals surface area contributed by atoms with Crippen molar-refractivity contribution in [3.05, 3.63) is 0 Å². The minimum absolute atomic E-state index is 0.00287. The Morgan fingerprint density at radius 1 is 1.12 bits per heavy atom. The van der Waals surface area contributed by atoms with Gasteiger partial charge in [-0.3, -0.25) is 9.59 Å². The molecule has 2 heterocycles. The van der Waals surface area contributed by atoms with E-state index in [-0.39, 0.29) is 36.0 Å². The van der Waals surface area contributed by atoms with Gasteiger partial charge in [0.2, 0.25) is 0 Å². The lowest BCUT2D eigenvalue weighted by atomic mass is 9.77. The fourth-order valence-electron chi connectivity index (χ4n) is 4.52. The maximum absolute atomic E-state index is 11.7. The van der Waals surface area contributed by atoms with Gasteiger partial charge in [0, 0.05) is 18.3 Å². The summed E-state index contributed by atoms with van der Waals surface area (Å²) in [7, 11) is 0. The summed E-state index contributed by atoms with van der Waals surface area (Å²) in [6, 6.07) is 0. The third kappa shape index (κ3) is 1.24. The van der Waals surface area contributed by atoms with Crippen LogP contribution in [0.15, 0.2) is 0 Å². The van der Waals surface area contributed by atoms with Crippen molar-refractivity contribution in [1.82, 2.24) is 0 Å². The highest BCUT2D eigenvalue weighted by atomic mass is 16.6. The number of carbonyl (C=O) groups excluding carboxylic acids is 2. The van der Waals surface area contributed by atoms with Crippen molar-refractivity contribution in [1.29, 1.82) is 0 Å². The Labute approximate surface area is 99.6 Å². The Hall–Kier alpha value is -1.06. The molecule has 4 heteroatoms. The number of fused-ring (bicyclic) bond motifs is 1. The number of cyclic esters (lactones) is 1. The van der Waals surface area contributed by atoms with Crippen molar-refractivity contribution >= 4 is 11.9 Å². The van der Waals surface area contributed by atoms with Gasteiger partial charge in [0.25, 0.3) is 0 Å². The SMILES string of the molecule is O=C1CCCC(C2C3CC4C(=O)OC2C4C3)O1. The van der Waals surface area contributed by atoms with Crippen LogP contribution in [0.1, 0.15) is 32.1 Å². The van der Waals surface area contributed by atoms with Gasteiger partial charge in [-0.1, -0.05) is 0 Å². The van der Waals surface area contributed by atoms with Crippen LogP contribution in [0.5, 0.6) is 0 Å². The molecule has 0 spiro atoms. The predicted molar refractivity (Wildman–Crippen MR) is 56.8 cm³/mol. The van der Waals surface area contributed by atoms with Gasteiger partial charge in [-0.2, -0.15) is 0 Å². The zero-order valence-electron chi connectivity index (χ0n) is 9.63. The molecule has 4 rings (SSSR count). The Morgan fingerprint density at radius 3 is 2.82 bits per heavy atom. The fraction of sp³-hybridized carbons (Fsp3) is 0.846. The summed E-state index contributed by atoms with van der Waals surface area (Å²) in [5.41, 5.74) is 0. The van der Waals surface area contributed by atoms with E-state index in [0.29, 0.717) is 18.3 Å². The average Bonchev–Trinajstić information content (AvgIpc) is 2.90. The molecular formula is C13H16O4. The second-order valence-corrected chi connectivity index (χ2v) is 5.90. The number of hydrogen-bond donors (Lipinski definition) is 0. The highest BCUT2D eigenvalue weighted by Crippen LogP contribution is 2.59. The Morgan fingerprint density at radius 2 is 2.00 bits per heavy atom. The monoisotopic (exact) mass is 236 g/mol. The lowest BCUT2D eigenvalue weighted by Gasteiger charge is -2.34. The van der Waals surface area contributed by atoms with Crippen LogP contribution in [-0.2, 0) is 19.1 Å². The van der Waals surface area contributed by atoms with E-state index in [1.807, 2.05) is 0 Å². The predicted octanol–water partition coefficient (Wildman–Crippen LogP) is 1.28. The molecule has 4 nitrogen and oxygen atoms in total. The summed E-state index contributed by atoms with van der Waals surface area (Å²) >= 11 is 0. The molecule has 0 N–H and O–H groups in total. The summed E-state index contributed by atoms with van der Waals surface area (Å²) in [5.74, 6) is 1.31. The molecule has 4 aliphatic rings. The van der Waals surface area contributed by atoms with Crippen molar-refractivity contribution in [2.24, 2.45) is 23.7 Å². The minimum atomic E-state index is -0.0788. The van der Waals surface area contributed by atoms with Crippen molar-refractivity contribution in [2.45, 2.75) is 44.3 Å². The highest BCUT2D eigenvalue weighted by Gasteiger charge is 2.63. The van der Waals surface area contributed by atoms with E-state index in [9.17, 15) is 9.59 Å². The molecule has 0 amide bonds. The highest BCUT2D eigenvalue weighted by molar-refractivity contribution is 5.76. The van der Waals surface area contributed by atoms with E-state index in [2.05, 4.69) is 0 Å². The first-order valence-corrected chi connectivity index (χ1v) is 6.64. The van der Waals surface area contributed by atoms with Crippen LogP contribution >= 0.6 is 0 Å². The zero-order valence-corrected chi connectivity index (χ0v) is 9.63. The minimum Gasteiger partial charge on any atom is -0.462 e. The quantitative estimate of drug-likeness (QED) is 0.643. The molecule has 0 aromatic heterocycles. The average molecular weight is 236 g/mol. The smallest absolute Gasteiger partial charge is 0.309 e. The molecule has 2 aliphatic carbocycles. The van der Waals surface area contributed by atoms with Crippen LogP contribution in [0.25, 0.3) is 0 Å². The van der Waals surface area contributed by atoms with E-state index in [1.165, 1.54) is 0 Å². The van der Waals surface area contributed by atoms with Crippen molar-refractivity contribution in [2.75, 3.05) is 0 Å². The summed E-state index contributed by atoms with van der Waals surface area (Å²) in [4.78, 5) is 23.0. The standard InChI is InChI=1S/C13H16O4/c14-10-3-1-2-9(16-10)11-6-4-7-8(5-6)13(15)17-12(7)11/h6-9,11-12H,1-5H2. The van der Waals surface area contributed by atoms with Gasteiger partial charge in [-0.05, 0) is 31.6 Å². The van der Waals surface area contributed by atoms with Crippen LogP contribution in [0.3, 0.4) is 0 Å². The first kappa shape index (κ1) is 9.92. The molecule has 2 saturated heterocycles. The molecule has 2 saturated carbocycles. The van der Waals surface area contributed by atoms with Gasteiger partial charge in [-0.15, -0.1) is 0 Å². The van der Waals surface area contributed by atoms with E-state index < -0.39 is 0 Å². The Bertz CT molecular complexity index is 391. The first-order valence-electron chi connectivity index (χ1n) is 6.64. The molecule has 0 aromatic rings. The number of rotatable bonds is 1. The van der Waals surface area contributed by atoms with E-state index >= 15 is 0 Å². The molecule has 2 bridgehead atoms. The van der Waals surface area contributed by atoms with Gasteiger partial charge in [0.1, 0.15) is 12.2 Å². The molecular weight excluding hydrogens is 220 g/mol. The van der Waals surface area contributed by atoms with Crippen LogP contribution < -0.4 is 0 Å². The molecule has 6 atom stereocenters. The second kappa shape index (κ2) is 3.24. The second-order valence-electron chi connectivity index (χ2n) is 5.90. The van der Waals surface area contributed by atoms with E-state index in [1.54, 1.807) is 0 Å². The Kier molecular flexibility index (Phi) is 1.89. The molecule has 92 valence electrons. The summed E-state index contributed by atoms with van der Waals surface area (Å²) < 4.78 is 11.0. The lowest BCUT2D eigenvalue weighted by Crippen LogP contribution is -2.40. The first-order chi connectivity index (χ1) is 8.24.